The van der Waals surface area contributed by atoms with Crippen molar-refractivity contribution >= 4 is 21.8 Å². The summed E-state index contributed by atoms with van der Waals surface area (Å²) in [6, 6.07) is 18.7. The van der Waals surface area contributed by atoms with Gasteiger partial charge in [0, 0.05) is 37.2 Å². The molecule has 0 aromatic heterocycles. The standard InChI is InChI=1S/C21H26BrN3O/c1-17(19-7-9-20(22)10-8-19)23-21(26)16-25-13-11-24(12-14-25)15-18-5-3-2-4-6-18/h2-10,17H,11-16H2,1H3,(H,23,26)/t17-/m0/s1. The Morgan fingerprint density at radius 1 is 1.00 bits per heavy atom. The lowest BCUT2D eigenvalue weighted by Crippen LogP contribution is -2.49. The van der Waals surface area contributed by atoms with Crippen LogP contribution in [0.5, 0.6) is 0 Å². The maximum Gasteiger partial charge on any atom is 0.234 e. The largest absolute Gasteiger partial charge is 0.348 e. The first-order valence-electron chi connectivity index (χ1n) is 9.13. The van der Waals surface area contributed by atoms with E-state index >= 15 is 0 Å². The van der Waals surface area contributed by atoms with Crippen LogP contribution in [0.25, 0.3) is 0 Å². The molecule has 0 spiro atoms. The molecule has 4 nitrogen and oxygen atoms in total. The molecule has 1 aliphatic rings. The number of hydrogen-bond donors (Lipinski definition) is 1. The maximum absolute atomic E-state index is 12.4. The molecule has 1 amide bonds. The van der Waals surface area contributed by atoms with Gasteiger partial charge in [-0.2, -0.15) is 0 Å². The van der Waals surface area contributed by atoms with Crippen LogP contribution in [0.1, 0.15) is 24.1 Å². The molecule has 5 heteroatoms. The van der Waals surface area contributed by atoms with Crippen molar-refractivity contribution in [2.75, 3.05) is 32.7 Å². The van der Waals surface area contributed by atoms with Crippen molar-refractivity contribution in [3.63, 3.8) is 0 Å². The number of hydrogen-bond acceptors (Lipinski definition) is 3. The van der Waals surface area contributed by atoms with Crippen LogP contribution in [-0.4, -0.2) is 48.4 Å². The van der Waals surface area contributed by atoms with Crippen LogP contribution >= 0.6 is 15.9 Å². The third-order valence-electron chi connectivity index (χ3n) is 4.83. The summed E-state index contributed by atoms with van der Waals surface area (Å²) < 4.78 is 1.05. The summed E-state index contributed by atoms with van der Waals surface area (Å²) >= 11 is 3.44. The molecule has 138 valence electrons. The van der Waals surface area contributed by atoms with Crippen molar-refractivity contribution in [1.82, 2.24) is 15.1 Å². The van der Waals surface area contributed by atoms with Gasteiger partial charge in [0.05, 0.1) is 12.6 Å². The molecule has 1 aliphatic heterocycles. The van der Waals surface area contributed by atoms with E-state index in [0.717, 1.165) is 42.8 Å². The zero-order valence-corrected chi connectivity index (χ0v) is 16.8. The van der Waals surface area contributed by atoms with Gasteiger partial charge in [-0.25, -0.2) is 0 Å². The number of nitrogens with zero attached hydrogens (tertiary/aromatic N) is 2. The van der Waals surface area contributed by atoms with Gasteiger partial charge in [-0.3, -0.25) is 14.6 Å². The lowest BCUT2D eigenvalue weighted by atomic mass is 10.1. The molecule has 2 aromatic rings. The molecule has 1 heterocycles. The topological polar surface area (TPSA) is 35.6 Å². The highest BCUT2D eigenvalue weighted by molar-refractivity contribution is 9.10. The van der Waals surface area contributed by atoms with Crippen molar-refractivity contribution in [2.45, 2.75) is 19.5 Å². The Labute approximate surface area is 164 Å². The zero-order valence-electron chi connectivity index (χ0n) is 15.2. The van der Waals surface area contributed by atoms with E-state index in [1.54, 1.807) is 0 Å². The van der Waals surface area contributed by atoms with Gasteiger partial charge in [-0.05, 0) is 30.2 Å². The second-order valence-corrected chi connectivity index (χ2v) is 7.79. The van der Waals surface area contributed by atoms with Crippen LogP contribution in [0.3, 0.4) is 0 Å². The average molecular weight is 416 g/mol. The van der Waals surface area contributed by atoms with E-state index < -0.39 is 0 Å². The van der Waals surface area contributed by atoms with Gasteiger partial charge in [0.2, 0.25) is 5.91 Å². The number of carbonyl (C=O) groups excluding carboxylic acids is 1. The minimum Gasteiger partial charge on any atom is -0.348 e. The lowest BCUT2D eigenvalue weighted by molar-refractivity contribution is -0.123. The number of amides is 1. The van der Waals surface area contributed by atoms with Gasteiger partial charge in [-0.15, -0.1) is 0 Å². The summed E-state index contributed by atoms with van der Waals surface area (Å²) in [6.07, 6.45) is 0. The molecule has 0 unspecified atom stereocenters. The Kier molecular flexibility index (Phi) is 6.83. The van der Waals surface area contributed by atoms with Crippen molar-refractivity contribution in [3.05, 3.63) is 70.2 Å². The highest BCUT2D eigenvalue weighted by Gasteiger charge is 2.19. The Morgan fingerprint density at radius 2 is 1.62 bits per heavy atom. The lowest BCUT2D eigenvalue weighted by Gasteiger charge is -2.34. The van der Waals surface area contributed by atoms with E-state index in [9.17, 15) is 4.79 Å². The van der Waals surface area contributed by atoms with Crippen LogP contribution < -0.4 is 5.32 Å². The quantitative estimate of drug-likeness (QED) is 0.784. The van der Waals surface area contributed by atoms with Gasteiger partial charge in [0.25, 0.3) is 0 Å². The van der Waals surface area contributed by atoms with Gasteiger partial charge in [0.1, 0.15) is 0 Å². The van der Waals surface area contributed by atoms with Crippen LogP contribution in [0.2, 0.25) is 0 Å². The van der Waals surface area contributed by atoms with E-state index in [-0.39, 0.29) is 11.9 Å². The summed E-state index contributed by atoms with van der Waals surface area (Å²) in [4.78, 5) is 17.1. The minimum atomic E-state index is 0.0231. The van der Waals surface area contributed by atoms with Crippen LogP contribution in [0.4, 0.5) is 0 Å². The molecule has 26 heavy (non-hydrogen) atoms. The smallest absolute Gasteiger partial charge is 0.234 e. The maximum atomic E-state index is 12.4. The molecule has 0 bridgehead atoms. The summed E-state index contributed by atoms with van der Waals surface area (Å²) in [6.45, 7) is 7.37. The molecule has 3 rings (SSSR count). The SMILES string of the molecule is C[C@H](NC(=O)CN1CCN(Cc2ccccc2)CC1)c1ccc(Br)cc1. The Bertz CT molecular complexity index is 697. The minimum absolute atomic E-state index is 0.0231. The van der Waals surface area contributed by atoms with E-state index in [1.165, 1.54) is 5.56 Å². The van der Waals surface area contributed by atoms with Crippen LogP contribution in [-0.2, 0) is 11.3 Å². The second kappa shape index (κ2) is 9.31. The Morgan fingerprint density at radius 3 is 2.27 bits per heavy atom. The third kappa shape index (κ3) is 5.66. The Hall–Kier alpha value is -1.69. The molecule has 1 atom stereocenters. The number of piperazine rings is 1. The number of rotatable bonds is 6. The first kappa shape index (κ1) is 19.1. The monoisotopic (exact) mass is 415 g/mol. The number of nitrogens with one attached hydrogen (secondary N) is 1. The molecule has 0 aliphatic carbocycles. The van der Waals surface area contributed by atoms with Crippen molar-refractivity contribution < 1.29 is 4.79 Å². The summed E-state index contributed by atoms with van der Waals surface area (Å²) in [5.41, 5.74) is 2.47. The van der Waals surface area contributed by atoms with E-state index in [4.69, 9.17) is 0 Å². The van der Waals surface area contributed by atoms with Crippen molar-refractivity contribution in [3.8, 4) is 0 Å². The molecular formula is C21H26BrN3O. The van der Waals surface area contributed by atoms with Crippen molar-refractivity contribution in [2.24, 2.45) is 0 Å². The van der Waals surface area contributed by atoms with Crippen LogP contribution in [0.15, 0.2) is 59.1 Å². The summed E-state index contributed by atoms with van der Waals surface area (Å²) in [5, 5.41) is 3.10. The van der Waals surface area contributed by atoms with Crippen LogP contribution in [0, 0.1) is 0 Å². The fraction of sp³-hybridized carbons (Fsp3) is 0.381. The van der Waals surface area contributed by atoms with Gasteiger partial charge >= 0.3 is 0 Å². The number of benzene rings is 2. The zero-order chi connectivity index (χ0) is 18.4. The molecule has 0 radical (unpaired) electrons. The fourth-order valence-corrected chi connectivity index (χ4v) is 3.54. The normalized spacial score (nSPS) is 17.0. The molecule has 1 N–H and O–H groups in total. The first-order chi connectivity index (χ1) is 12.6. The van der Waals surface area contributed by atoms with Crippen molar-refractivity contribution in [1.29, 1.82) is 0 Å². The predicted molar refractivity (Wildman–Crippen MR) is 109 cm³/mol. The third-order valence-corrected chi connectivity index (χ3v) is 5.36. The highest BCUT2D eigenvalue weighted by atomic mass is 79.9. The fourth-order valence-electron chi connectivity index (χ4n) is 3.27. The number of carbonyl (C=O) groups is 1. The molecule has 1 fully saturated rings. The molecule has 0 saturated carbocycles. The van der Waals surface area contributed by atoms with E-state index in [0.29, 0.717) is 6.54 Å². The second-order valence-electron chi connectivity index (χ2n) is 6.88. The predicted octanol–water partition coefficient (Wildman–Crippen LogP) is 3.44. The van der Waals surface area contributed by atoms with E-state index in [1.807, 2.05) is 31.2 Å². The summed E-state index contributed by atoms with van der Waals surface area (Å²) in [7, 11) is 0. The van der Waals surface area contributed by atoms with Gasteiger partial charge in [-0.1, -0.05) is 58.4 Å². The summed E-state index contributed by atoms with van der Waals surface area (Å²) in [5.74, 6) is 0.0944. The first-order valence-corrected chi connectivity index (χ1v) is 9.93. The van der Waals surface area contributed by atoms with E-state index in [2.05, 4.69) is 61.4 Å². The molecule has 2 aromatic carbocycles. The van der Waals surface area contributed by atoms with Gasteiger partial charge < -0.3 is 5.32 Å². The molecule has 1 saturated heterocycles. The van der Waals surface area contributed by atoms with Gasteiger partial charge in [0.15, 0.2) is 0 Å². The molecular weight excluding hydrogens is 390 g/mol. The Balaban J connectivity index is 1.41. The highest BCUT2D eigenvalue weighted by Crippen LogP contribution is 2.16. The number of halogens is 1. The average Bonchev–Trinajstić information content (AvgIpc) is 2.64.